The van der Waals surface area contributed by atoms with E-state index in [4.69, 9.17) is 21.6 Å². The zero-order valence-corrected chi connectivity index (χ0v) is 20.4. The van der Waals surface area contributed by atoms with Crippen LogP contribution in [0.5, 0.6) is 0 Å². The van der Waals surface area contributed by atoms with Gasteiger partial charge in [0.25, 0.3) is 0 Å². The van der Waals surface area contributed by atoms with Gasteiger partial charge in [-0.1, -0.05) is 66.2 Å². The summed E-state index contributed by atoms with van der Waals surface area (Å²) in [6, 6.07) is 27.1. The number of anilines is 2. The van der Waals surface area contributed by atoms with Gasteiger partial charge in [-0.25, -0.2) is 9.97 Å². The maximum Gasteiger partial charge on any atom is 0.150 e. The lowest BCUT2D eigenvalue weighted by Gasteiger charge is -2.37. The minimum absolute atomic E-state index is 0.798. The molecule has 5 nitrogen and oxygen atoms in total. The Morgan fingerprint density at radius 3 is 2.29 bits per heavy atom. The van der Waals surface area contributed by atoms with Crippen LogP contribution in [0.15, 0.2) is 91.4 Å². The monoisotopic (exact) mass is 479 g/mol. The number of fused-ring (bicyclic) bond motifs is 1. The second-order valence-corrected chi connectivity index (χ2v) is 9.35. The van der Waals surface area contributed by atoms with Gasteiger partial charge in [0.15, 0.2) is 5.65 Å². The molecule has 174 valence electrons. The van der Waals surface area contributed by atoms with Crippen molar-refractivity contribution in [1.82, 2.24) is 14.5 Å². The molecule has 1 aliphatic rings. The van der Waals surface area contributed by atoms with Crippen LogP contribution >= 0.6 is 11.6 Å². The largest absolute Gasteiger partial charge is 0.367 e. The van der Waals surface area contributed by atoms with Gasteiger partial charge in [0.2, 0.25) is 0 Å². The third-order valence-corrected chi connectivity index (χ3v) is 7.02. The van der Waals surface area contributed by atoms with Gasteiger partial charge in [0, 0.05) is 43.6 Å². The third-order valence-electron chi connectivity index (χ3n) is 6.70. The lowest BCUT2D eigenvalue weighted by Crippen LogP contribution is -2.47. The molecule has 0 amide bonds. The predicted molar refractivity (Wildman–Crippen MR) is 145 cm³/mol. The van der Waals surface area contributed by atoms with Gasteiger partial charge in [-0.15, -0.1) is 0 Å². The van der Waals surface area contributed by atoms with Crippen LogP contribution in [0.2, 0.25) is 5.02 Å². The number of aromatic nitrogens is 3. The molecule has 0 radical (unpaired) electrons. The molecule has 0 N–H and O–H groups in total. The first-order valence-corrected chi connectivity index (χ1v) is 12.3. The Labute approximate surface area is 210 Å². The average molecular weight is 480 g/mol. The van der Waals surface area contributed by atoms with Gasteiger partial charge in [0.05, 0.1) is 16.1 Å². The minimum atomic E-state index is 0.798. The second-order valence-electron chi connectivity index (χ2n) is 8.94. The van der Waals surface area contributed by atoms with Crippen LogP contribution in [0.1, 0.15) is 5.56 Å². The van der Waals surface area contributed by atoms with E-state index in [2.05, 4.69) is 88.2 Å². The molecule has 0 atom stereocenters. The lowest BCUT2D eigenvalue weighted by atomic mass is 10.1. The number of benzene rings is 3. The van der Waals surface area contributed by atoms with Crippen molar-refractivity contribution in [3.05, 3.63) is 102 Å². The Hall–Kier alpha value is -3.83. The van der Waals surface area contributed by atoms with Crippen LogP contribution in [0.3, 0.4) is 0 Å². The van der Waals surface area contributed by atoms with Crippen molar-refractivity contribution in [3.8, 4) is 16.8 Å². The van der Waals surface area contributed by atoms with Gasteiger partial charge < -0.3 is 14.4 Å². The summed E-state index contributed by atoms with van der Waals surface area (Å²) in [6.07, 6.45) is 3.89. The number of hydrogen-bond acceptors (Lipinski definition) is 4. The van der Waals surface area contributed by atoms with E-state index in [0.717, 1.165) is 70.6 Å². The summed E-state index contributed by atoms with van der Waals surface area (Å²) < 4.78 is 2.19. The van der Waals surface area contributed by atoms with Gasteiger partial charge >= 0.3 is 0 Å². The highest BCUT2D eigenvalue weighted by Gasteiger charge is 2.24. The topological polar surface area (TPSA) is 37.2 Å². The molecule has 0 unspecified atom stereocenters. The number of rotatable bonds is 4. The molecule has 6 heteroatoms. The molecule has 1 saturated heterocycles. The highest BCUT2D eigenvalue weighted by atomic mass is 35.5. The molecule has 6 rings (SSSR count). The molecule has 3 heterocycles. The molecule has 5 aromatic rings. The number of piperazine rings is 1. The van der Waals surface area contributed by atoms with Crippen molar-refractivity contribution in [2.24, 2.45) is 0 Å². The van der Waals surface area contributed by atoms with E-state index in [1.165, 1.54) is 5.56 Å². The van der Waals surface area contributed by atoms with Crippen molar-refractivity contribution >= 4 is 34.1 Å². The first-order chi connectivity index (χ1) is 17.2. The Bertz CT molecular complexity index is 1490. The normalized spacial score (nSPS) is 14.0. The number of para-hydroxylation sites is 1. The smallest absolute Gasteiger partial charge is 0.150 e. The first-order valence-electron chi connectivity index (χ1n) is 11.9. The summed E-state index contributed by atoms with van der Waals surface area (Å²) in [4.78, 5) is 14.3. The van der Waals surface area contributed by atoms with E-state index >= 15 is 0 Å². The summed E-state index contributed by atoms with van der Waals surface area (Å²) in [7, 11) is 0. The quantitative estimate of drug-likeness (QED) is 0.300. The molecule has 35 heavy (non-hydrogen) atoms. The molecule has 0 saturated carbocycles. The fraction of sp³-hybridized carbons (Fsp3) is 0.172. The van der Waals surface area contributed by atoms with E-state index < -0.39 is 0 Å². The van der Waals surface area contributed by atoms with Gasteiger partial charge in [-0.05, 0) is 42.3 Å². The second kappa shape index (κ2) is 9.08. The number of aryl methyl sites for hydroxylation is 1. The molecule has 0 bridgehead atoms. The van der Waals surface area contributed by atoms with Crippen LogP contribution in [-0.2, 0) is 0 Å². The summed E-state index contributed by atoms with van der Waals surface area (Å²) in [5.74, 6) is 0.985. The summed E-state index contributed by atoms with van der Waals surface area (Å²) in [5, 5.41) is 1.89. The van der Waals surface area contributed by atoms with E-state index in [1.54, 1.807) is 6.33 Å². The minimum Gasteiger partial charge on any atom is -0.367 e. The summed E-state index contributed by atoms with van der Waals surface area (Å²) in [6.45, 7) is 5.61. The zero-order chi connectivity index (χ0) is 23.8. The first kappa shape index (κ1) is 21.7. The van der Waals surface area contributed by atoms with Crippen molar-refractivity contribution < 1.29 is 0 Å². The van der Waals surface area contributed by atoms with Gasteiger partial charge in [-0.2, -0.15) is 0 Å². The molecule has 0 aliphatic carbocycles. The SMILES string of the molecule is Cc1cccc(-n2cc(-c3ccccc3)c3c(N4CCN(c5ccccc5Cl)CC4)ncnc32)c1. The molecular weight excluding hydrogens is 454 g/mol. The average Bonchev–Trinajstić information content (AvgIpc) is 3.30. The maximum absolute atomic E-state index is 6.47. The van der Waals surface area contributed by atoms with Crippen molar-refractivity contribution in [3.63, 3.8) is 0 Å². The molecule has 3 aromatic carbocycles. The predicted octanol–water partition coefficient (Wildman–Crippen LogP) is 6.38. The number of hydrogen-bond donors (Lipinski definition) is 0. The van der Waals surface area contributed by atoms with Gasteiger partial charge in [-0.3, -0.25) is 0 Å². The van der Waals surface area contributed by atoms with Crippen molar-refractivity contribution in [2.45, 2.75) is 6.92 Å². The fourth-order valence-corrected chi connectivity index (χ4v) is 5.22. The summed E-state index contributed by atoms with van der Waals surface area (Å²) >= 11 is 6.47. The lowest BCUT2D eigenvalue weighted by molar-refractivity contribution is 0.649. The van der Waals surface area contributed by atoms with Crippen LogP contribution in [0.25, 0.3) is 27.8 Å². The van der Waals surface area contributed by atoms with E-state index in [9.17, 15) is 0 Å². The fourth-order valence-electron chi connectivity index (χ4n) is 4.96. The molecular formula is C29H26ClN5. The highest BCUT2D eigenvalue weighted by Crippen LogP contribution is 2.37. The third kappa shape index (κ3) is 4.02. The Morgan fingerprint density at radius 2 is 1.51 bits per heavy atom. The maximum atomic E-state index is 6.47. The Kier molecular flexibility index (Phi) is 5.63. The van der Waals surface area contributed by atoms with E-state index in [-0.39, 0.29) is 0 Å². The van der Waals surface area contributed by atoms with Crippen molar-refractivity contribution in [2.75, 3.05) is 36.0 Å². The summed E-state index contributed by atoms with van der Waals surface area (Å²) in [5.41, 5.74) is 6.65. The molecule has 2 aromatic heterocycles. The number of halogens is 1. The van der Waals surface area contributed by atoms with Crippen molar-refractivity contribution in [1.29, 1.82) is 0 Å². The zero-order valence-electron chi connectivity index (χ0n) is 19.6. The van der Waals surface area contributed by atoms with E-state index in [1.807, 2.05) is 18.2 Å². The Balaban J connectivity index is 1.43. The molecule has 1 fully saturated rings. The van der Waals surface area contributed by atoms with Crippen LogP contribution in [0.4, 0.5) is 11.5 Å². The number of nitrogens with zero attached hydrogens (tertiary/aromatic N) is 5. The van der Waals surface area contributed by atoms with E-state index in [0.29, 0.717) is 0 Å². The standard InChI is InChI=1S/C29H26ClN5/c1-21-8-7-11-23(18-21)35-19-24(22-9-3-2-4-10-22)27-28(31-20-32-29(27)35)34-16-14-33(15-17-34)26-13-6-5-12-25(26)30/h2-13,18-20H,14-17H2,1H3. The van der Waals surface area contributed by atoms with Gasteiger partial charge in [0.1, 0.15) is 12.1 Å². The molecule has 0 spiro atoms. The van der Waals surface area contributed by atoms with Crippen LogP contribution < -0.4 is 9.80 Å². The van der Waals surface area contributed by atoms with Crippen LogP contribution in [0, 0.1) is 6.92 Å². The highest BCUT2D eigenvalue weighted by molar-refractivity contribution is 6.33. The molecule has 1 aliphatic heterocycles. The Morgan fingerprint density at radius 1 is 0.771 bits per heavy atom. The van der Waals surface area contributed by atoms with Crippen LogP contribution in [-0.4, -0.2) is 40.7 Å².